The third-order valence-corrected chi connectivity index (χ3v) is 2.72. The lowest BCUT2D eigenvalue weighted by molar-refractivity contribution is -0.136. The Morgan fingerprint density at radius 3 is 2.76 bits per heavy atom. The van der Waals surface area contributed by atoms with Crippen molar-refractivity contribution in [2.45, 2.75) is 12.7 Å². The van der Waals surface area contributed by atoms with Crippen LogP contribution in [0.4, 0.5) is 18.9 Å². The van der Waals surface area contributed by atoms with Crippen molar-refractivity contribution in [3.8, 4) is 0 Å². The van der Waals surface area contributed by atoms with Crippen molar-refractivity contribution in [1.29, 1.82) is 0 Å². The van der Waals surface area contributed by atoms with Gasteiger partial charge in [-0.2, -0.15) is 13.2 Å². The second-order valence-electron chi connectivity index (χ2n) is 4.22. The number of nitrogens with one attached hydrogen (secondary N) is 1. The molecule has 1 heterocycles. The summed E-state index contributed by atoms with van der Waals surface area (Å²) in [6.07, 6.45) is -1.50. The summed E-state index contributed by atoms with van der Waals surface area (Å²) in [5, 5.41) is 9.78. The first-order valence-electron chi connectivity index (χ1n) is 5.97. The van der Waals surface area contributed by atoms with Crippen LogP contribution in [0.5, 0.6) is 0 Å². The van der Waals surface area contributed by atoms with E-state index in [-0.39, 0.29) is 12.1 Å². The predicted molar refractivity (Wildman–Crippen MR) is 68.2 cm³/mol. The van der Waals surface area contributed by atoms with Gasteiger partial charge in [0.2, 0.25) is 0 Å². The highest BCUT2D eigenvalue weighted by atomic mass is 19.4. The molecular weight excluding hydrogens is 287 g/mol. The molecule has 0 aliphatic rings. The van der Waals surface area contributed by atoms with E-state index in [4.69, 9.17) is 5.73 Å². The molecule has 1 amide bonds. The number of aromatic nitrogens is 3. The van der Waals surface area contributed by atoms with Gasteiger partial charge in [0.05, 0.1) is 18.3 Å². The first kappa shape index (κ1) is 14.8. The highest BCUT2D eigenvalue weighted by molar-refractivity contribution is 5.94. The van der Waals surface area contributed by atoms with Gasteiger partial charge in [0.25, 0.3) is 5.91 Å². The Balaban J connectivity index is 2.02. The van der Waals surface area contributed by atoms with Crippen molar-refractivity contribution >= 4 is 11.6 Å². The second kappa shape index (κ2) is 5.81. The molecule has 9 heteroatoms. The average molecular weight is 299 g/mol. The van der Waals surface area contributed by atoms with Gasteiger partial charge in [-0.15, -0.1) is 5.10 Å². The molecule has 0 aliphatic heterocycles. The zero-order chi connectivity index (χ0) is 15.5. The van der Waals surface area contributed by atoms with Crippen LogP contribution >= 0.6 is 0 Å². The molecule has 2 aromatic rings. The number of hydrogen-bond acceptors (Lipinski definition) is 4. The fourth-order valence-electron chi connectivity index (χ4n) is 1.68. The monoisotopic (exact) mass is 299 g/mol. The summed E-state index contributed by atoms with van der Waals surface area (Å²) in [5.74, 6) is -0.611. The third kappa shape index (κ3) is 3.71. The maximum absolute atomic E-state index is 12.7. The molecule has 0 unspecified atom stereocenters. The van der Waals surface area contributed by atoms with E-state index in [1.54, 1.807) is 6.20 Å². The molecule has 21 heavy (non-hydrogen) atoms. The summed E-state index contributed by atoms with van der Waals surface area (Å²) >= 11 is 0. The van der Waals surface area contributed by atoms with Crippen LogP contribution in [0.25, 0.3) is 0 Å². The second-order valence-corrected chi connectivity index (χ2v) is 4.22. The summed E-state index contributed by atoms with van der Waals surface area (Å²) in [4.78, 5) is 11.8. The average Bonchev–Trinajstić information content (AvgIpc) is 2.91. The summed E-state index contributed by atoms with van der Waals surface area (Å²) < 4.78 is 39.6. The molecule has 0 aliphatic carbocycles. The molecule has 112 valence electrons. The number of alkyl halides is 3. The van der Waals surface area contributed by atoms with E-state index >= 15 is 0 Å². The van der Waals surface area contributed by atoms with Crippen LogP contribution in [0, 0.1) is 0 Å². The number of carbonyl (C=O) groups is 1. The Kier molecular flexibility index (Phi) is 4.10. The molecule has 0 saturated carbocycles. The highest BCUT2D eigenvalue weighted by Gasteiger charge is 2.33. The zero-order valence-electron chi connectivity index (χ0n) is 10.8. The Hall–Kier alpha value is -2.58. The number of nitrogens with two attached hydrogens (primary N) is 1. The van der Waals surface area contributed by atoms with Crippen LogP contribution in [0.2, 0.25) is 0 Å². The fourth-order valence-corrected chi connectivity index (χ4v) is 1.68. The Morgan fingerprint density at radius 1 is 1.38 bits per heavy atom. The standard InChI is InChI=1S/C12H12F3N5O/c13-12(14,15)9-7-8(1-2-10(9)16)11(21)17-3-5-20-6-4-18-19-20/h1-2,4,6-7H,3,5,16H2,(H,17,21). The molecule has 0 saturated heterocycles. The maximum Gasteiger partial charge on any atom is 0.418 e. The van der Waals surface area contributed by atoms with E-state index in [0.29, 0.717) is 6.54 Å². The van der Waals surface area contributed by atoms with E-state index < -0.39 is 23.3 Å². The number of hydrogen-bond donors (Lipinski definition) is 2. The number of nitrogen functional groups attached to an aromatic ring is 1. The first-order valence-corrected chi connectivity index (χ1v) is 5.97. The van der Waals surface area contributed by atoms with Gasteiger partial charge < -0.3 is 11.1 Å². The lowest BCUT2D eigenvalue weighted by Gasteiger charge is -2.12. The molecule has 1 aromatic carbocycles. The number of halogens is 3. The van der Waals surface area contributed by atoms with Gasteiger partial charge in [0.1, 0.15) is 0 Å². The lowest BCUT2D eigenvalue weighted by Crippen LogP contribution is -2.27. The zero-order valence-corrected chi connectivity index (χ0v) is 10.8. The van der Waals surface area contributed by atoms with Crippen molar-refractivity contribution in [2.24, 2.45) is 0 Å². The minimum atomic E-state index is -4.60. The summed E-state index contributed by atoms with van der Waals surface area (Å²) in [7, 11) is 0. The Morgan fingerprint density at radius 2 is 2.14 bits per heavy atom. The number of carbonyl (C=O) groups excluding carboxylic acids is 1. The fraction of sp³-hybridized carbons (Fsp3) is 0.250. The molecule has 3 N–H and O–H groups in total. The van der Waals surface area contributed by atoms with Gasteiger partial charge in [-0.05, 0) is 18.2 Å². The number of amides is 1. The van der Waals surface area contributed by atoms with Gasteiger partial charge >= 0.3 is 6.18 Å². The van der Waals surface area contributed by atoms with E-state index in [1.165, 1.54) is 16.9 Å². The minimum Gasteiger partial charge on any atom is -0.398 e. The van der Waals surface area contributed by atoms with Gasteiger partial charge in [0, 0.05) is 24.0 Å². The minimum absolute atomic E-state index is 0.102. The molecule has 6 nitrogen and oxygen atoms in total. The smallest absolute Gasteiger partial charge is 0.398 e. The maximum atomic E-state index is 12.7. The SMILES string of the molecule is Nc1ccc(C(=O)NCCn2ccnn2)cc1C(F)(F)F. The van der Waals surface area contributed by atoms with Crippen LogP contribution in [0.3, 0.4) is 0 Å². The summed E-state index contributed by atoms with van der Waals surface area (Å²) in [5.41, 5.74) is 3.73. The predicted octanol–water partition coefficient (Wildman–Crippen LogP) is 1.31. The van der Waals surface area contributed by atoms with E-state index in [9.17, 15) is 18.0 Å². The Bertz CT molecular complexity index is 624. The molecule has 0 fully saturated rings. The number of anilines is 1. The summed E-state index contributed by atoms with van der Waals surface area (Å²) in [6.45, 7) is 0.584. The quantitative estimate of drug-likeness (QED) is 0.833. The molecule has 0 atom stereocenters. The van der Waals surface area contributed by atoms with Crippen molar-refractivity contribution in [3.05, 3.63) is 41.7 Å². The van der Waals surface area contributed by atoms with Crippen LogP contribution in [0.15, 0.2) is 30.6 Å². The highest BCUT2D eigenvalue weighted by Crippen LogP contribution is 2.33. The van der Waals surface area contributed by atoms with Crippen LogP contribution in [-0.4, -0.2) is 27.4 Å². The number of rotatable bonds is 4. The number of nitrogens with zero attached hydrogens (tertiary/aromatic N) is 3. The van der Waals surface area contributed by atoms with Crippen molar-refractivity contribution in [2.75, 3.05) is 12.3 Å². The van der Waals surface area contributed by atoms with Crippen molar-refractivity contribution < 1.29 is 18.0 Å². The van der Waals surface area contributed by atoms with E-state index in [0.717, 1.165) is 12.1 Å². The third-order valence-electron chi connectivity index (χ3n) is 2.72. The lowest BCUT2D eigenvalue weighted by atomic mass is 10.1. The van der Waals surface area contributed by atoms with Gasteiger partial charge in [0.15, 0.2) is 0 Å². The van der Waals surface area contributed by atoms with Crippen LogP contribution in [-0.2, 0) is 12.7 Å². The number of benzene rings is 1. The first-order chi connectivity index (χ1) is 9.88. The van der Waals surface area contributed by atoms with Gasteiger partial charge in [-0.1, -0.05) is 5.21 Å². The van der Waals surface area contributed by atoms with E-state index in [2.05, 4.69) is 15.6 Å². The van der Waals surface area contributed by atoms with Crippen molar-refractivity contribution in [1.82, 2.24) is 20.3 Å². The molecular formula is C12H12F3N5O. The molecule has 0 spiro atoms. The van der Waals surface area contributed by atoms with Crippen molar-refractivity contribution in [3.63, 3.8) is 0 Å². The molecule has 1 aromatic heterocycles. The summed E-state index contributed by atoms with van der Waals surface area (Å²) in [6, 6.07) is 3.05. The topological polar surface area (TPSA) is 85.8 Å². The molecule has 0 radical (unpaired) electrons. The largest absolute Gasteiger partial charge is 0.418 e. The molecule has 2 rings (SSSR count). The molecule has 0 bridgehead atoms. The van der Waals surface area contributed by atoms with Crippen LogP contribution < -0.4 is 11.1 Å². The van der Waals surface area contributed by atoms with Gasteiger partial charge in [-0.3, -0.25) is 9.48 Å². The van der Waals surface area contributed by atoms with Crippen LogP contribution in [0.1, 0.15) is 15.9 Å². The Labute approximate surface area is 117 Å². The van der Waals surface area contributed by atoms with Gasteiger partial charge in [-0.25, -0.2) is 0 Å². The van der Waals surface area contributed by atoms with E-state index in [1.807, 2.05) is 0 Å². The normalized spacial score (nSPS) is 11.4.